The number of nitrogens with zero attached hydrogens (tertiary/aromatic N) is 2. The third-order valence-electron chi connectivity index (χ3n) is 2.31. The molecule has 0 unspecified atom stereocenters. The Kier molecular flexibility index (Phi) is 2.15. The minimum Gasteiger partial charge on any atom is -0.466 e. The second kappa shape index (κ2) is 3.34. The molecule has 5 heteroatoms. The van der Waals surface area contributed by atoms with Gasteiger partial charge in [0.05, 0.1) is 0 Å². The maximum absolute atomic E-state index is 11.3. The van der Waals surface area contributed by atoms with E-state index < -0.39 is 0 Å². The quantitative estimate of drug-likeness (QED) is 0.632. The predicted octanol–water partition coefficient (Wildman–Crippen LogP) is 0.639. The van der Waals surface area contributed by atoms with Gasteiger partial charge in [0.2, 0.25) is 5.88 Å². The fraction of sp³-hybridized carbons (Fsp3) is 0.300. The molecule has 0 bridgehead atoms. The average Bonchev–Trinajstić information content (AvgIpc) is 2.23. The van der Waals surface area contributed by atoms with E-state index in [0.29, 0.717) is 17.1 Å². The van der Waals surface area contributed by atoms with Crippen molar-refractivity contribution in [2.75, 3.05) is 18.6 Å². The summed E-state index contributed by atoms with van der Waals surface area (Å²) in [4.78, 5) is 27.9. The summed E-state index contributed by atoms with van der Waals surface area (Å²) in [6.45, 7) is 1.45. The predicted molar refractivity (Wildman–Crippen MR) is 53.1 cm³/mol. The lowest BCUT2D eigenvalue weighted by molar-refractivity contribution is -0.121. The second-order valence-electron chi connectivity index (χ2n) is 3.35. The maximum Gasteiger partial charge on any atom is 0.264 e. The summed E-state index contributed by atoms with van der Waals surface area (Å²) >= 11 is 0. The standard InChI is InChI=1S/C10H10N2O3/c1-6(13)7-3-8-10(11-4-7)15-5-9(14)12(8)2/h3-4H,5H2,1-2H3. The molecule has 0 saturated heterocycles. The maximum atomic E-state index is 11.3. The van der Waals surface area contributed by atoms with Crippen LogP contribution in [0.25, 0.3) is 0 Å². The van der Waals surface area contributed by atoms with Crippen LogP contribution < -0.4 is 9.64 Å². The fourth-order valence-electron chi connectivity index (χ4n) is 1.35. The van der Waals surface area contributed by atoms with Gasteiger partial charge in [-0.05, 0) is 13.0 Å². The highest BCUT2D eigenvalue weighted by Crippen LogP contribution is 2.29. The van der Waals surface area contributed by atoms with Crippen molar-refractivity contribution >= 4 is 17.4 Å². The van der Waals surface area contributed by atoms with Crippen molar-refractivity contribution in [3.05, 3.63) is 17.8 Å². The van der Waals surface area contributed by atoms with Gasteiger partial charge in [-0.1, -0.05) is 0 Å². The van der Waals surface area contributed by atoms with Crippen LogP contribution in [-0.2, 0) is 4.79 Å². The lowest BCUT2D eigenvalue weighted by Crippen LogP contribution is -2.36. The molecule has 15 heavy (non-hydrogen) atoms. The Bertz CT molecular complexity index is 442. The van der Waals surface area contributed by atoms with Crippen LogP contribution >= 0.6 is 0 Å². The largest absolute Gasteiger partial charge is 0.466 e. The molecule has 2 heterocycles. The van der Waals surface area contributed by atoms with Crippen molar-refractivity contribution in [3.8, 4) is 5.88 Å². The molecule has 5 nitrogen and oxygen atoms in total. The minimum atomic E-state index is -0.148. The SMILES string of the molecule is CC(=O)c1cnc2c(c1)N(C)C(=O)CO2. The molecular weight excluding hydrogens is 196 g/mol. The van der Waals surface area contributed by atoms with Gasteiger partial charge in [0.1, 0.15) is 5.69 Å². The zero-order valence-corrected chi connectivity index (χ0v) is 8.48. The van der Waals surface area contributed by atoms with Crippen molar-refractivity contribution in [2.45, 2.75) is 6.92 Å². The van der Waals surface area contributed by atoms with Crippen LogP contribution in [0.2, 0.25) is 0 Å². The van der Waals surface area contributed by atoms with Crippen LogP contribution in [0.1, 0.15) is 17.3 Å². The number of rotatable bonds is 1. The average molecular weight is 206 g/mol. The highest BCUT2D eigenvalue weighted by atomic mass is 16.5. The van der Waals surface area contributed by atoms with Gasteiger partial charge in [0.15, 0.2) is 12.4 Å². The second-order valence-corrected chi connectivity index (χ2v) is 3.35. The molecule has 78 valence electrons. The van der Waals surface area contributed by atoms with Crippen LogP contribution in [0.4, 0.5) is 5.69 Å². The van der Waals surface area contributed by atoms with E-state index in [2.05, 4.69) is 4.98 Å². The Hall–Kier alpha value is -1.91. The lowest BCUT2D eigenvalue weighted by Gasteiger charge is -2.24. The van der Waals surface area contributed by atoms with Gasteiger partial charge in [-0.3, -0.25) is 9.59 Å². The number of ketones is 1. The van der Waals surface area contributed by atoms with E-state index in [9.17, 15) is 9.59 Å². The molecule has 0 aromatic carbocycles. The van der Waals surface area contributed by atoms with Crippen molar-refractivity contribution < 1.29 is 14.3 Å². The van der Waals surface area contributed by atoms with Crippen molar-refractivity contribution in [3.63, 3.8) is 0 Å². The summed E-state index contributed by atoms with van der Waals surface area (Å²) in [6.07, 6.45) is 1.45. The molecule has 2 rings (SSSR count). The van der Waals surface area contributed by atoms with Crippen LogP contribution in [-0.4, -0.2) is 30.3 Å². The molecule has 0 aliphatic carbocycles. The number of carbonyl (C=O) groups is 2. The van der Waals surface area contributed by atoms with Gasteiger partial charge in [-0.25, -0.2) is 4.98 Å². The summed E-state index contributed by atoms with van der Waals surface area (Å²) < 4.78 is 5.13. The highest BCUT2D eigenvalue weighted by molar-refractivity contribution is 6.00. The zero-order valence-electron chi connectivity index (χ0n) is 8.48. The Morgan fingerprint density at radius 1 is 1.60 bits per heavy atom. The molecule has 0 atom stereocenters. The van der Waals surface area contributed by atoms with Gasteiger partial charge in [0.25, 0.3) is 5.91 Å². The van der Waals surface area contributed by atoms with Gasteiger partial charge < -0.3 is 9.64 Å². The number of pyridine rings is 1. The Balaban J connectivity index is 2.50. The normalized spacial score (nSPS) is 14.5. The number of fused-ring (bicyclic) bond motifs is 1. The van der Waals surface area contributed by atoms with Crippen molar-refractivity contribution in [1.82, 2.24) is 4.98 Å². The molecule has 0 fully saturated rings. The van der Waals surface area contributed by atoms with Gasteiger partial charge >= 0.3 is 0 Å². The van der Waals surface area contributed by atoms with Gasteiger partial charge in [0, 0.05) is 18.8 Å². The molecule has 1 aromatic rings. The Morgan fingerprint density at radius 2 is 2.33 bits per heavy atom. The minimum absolute atomic E-state index is 0.00405. The summed E-state index contributed by atoms with van der Waals surface area (Å²) in [5.74, 6) is 0.156. The molecule has 0 radical (unpaired) electrons. The van der Waals surface area contributed by atoms with Gasteiger partial charge in [-0.2, -0.15) is 0 Å². The first-order chi connectivity index (χ1) is 7.09. The molecule has 0 saturated carbocycles. The molecule has 1 aromatic heterocycles. The first-order valence-electron chi connectivity index (χ1n) is 4.50. The molecule has 0 N–H and O–H groups in total. The number of ether oxygens (including phenoxy) is 1. The highest BCUT2D eigenvalue weighted by Gasteiger charge is 2.23. The Morgan fingerprint density at radius 3 is 3.00 bits per heavy atom. The molecule has 0 spiro atoms. The van der Waals surface area contributed by atoms with E-state index in [-0.39, 0.29) is 18.3 Å². The summed E-state index contributed by atoms with van der Waals surface area (Å²) in [7, 11) is 1.63. The lowest BCUT2D eigenvalue weighted by atomic mass is 10.2. The topological polar surface area (TPSA) is 59.5 Å². The number of amides is 1. The molecular formula is C10H10N2O3. The zero-order chi connectivity index (χ0) is 11.0. The van der Waals surface area contributed by atoms with E-state index in [1.165, 1.54) is 18.0 Å². The van der Waals surface area contributed by atoms with E-state index >= 15 is 0 Å². The molecule has 1 aliphatic rings. The van der Waals surface area contributed by atoms with Crippen molar-refractivity contribution in [1.29, 1.82) is 0 Å². The number of carbonyl (C=O) groups excluding carboxylic acids is 2. The summed E-state index contributed by atoms with van der Waals surface area (Å²) in [6, 6.07) is 1.61. The van der Waals surface area contributed by atoms with Crippen LogP contribution in [0.15, 0.2) is 12.3 Å². The number of hydrogen-bond acceptors (Lipinski definition) is 4. The summed E-state index contributed by atoms with van der Waals surface area (Å²) in [5, 5.41) is 0. The van der Waals surface area contributed by atoms with Crippen molar-refractivity contribution in [2.24, 2.45) is 0 Å². The van der Waals surface area contributed by atoms with E-state index in [1.54, 1.807) is 13.1 Å². The molecule has 1 aliphatic heterocycles. The first kappa shape index (κ1) is 9.64. The number of hydrogen-bond donors (Lipinski definition) is 0. The number of Topliss-reactive ketones (excluding diaryl/α,β-unsaturated/α-hetero) is 1. The van der Waals surface area contributed by atoms with E-state index in [4.69, 9.17) is 4.74 Å². The van der Waals surface area contributed by atoms with Crippen LogP contribution in [0.5, 0.6) is 5.88 Å². The fourth-order valence-corrected chi connectivity index (χ4v) is 1.35. The number of aromatic nitrogens is 1. The monoisotopic (exact) mass is 206 g/mol. The Labute approximate surface area is 86.7 Å². The van der Waals surface area contributed by atoms with E-state index in [1.807, 2.05) is 0 Å². The third-order valence-corrected chi connectivity index (χ3v) is 2.31. The number of anilines is 1. The first-order valence-corrected chi connectivity index (χ1v) is 4.50. The smallest absolute Gasteiger partial charge is 0.264 e. The third kappa shape index (κ3) is 1.56. The summed E-state index contributed by atoms with van der Waals surface area (Å²) in [5.41, 5.74) is 1.01. The van der Waals surface area contributed by atoms with Gasteiger partial charge in [-0.15, -0.1) is 0 Å². The van der Waals surface area contributed by atoms with E-state index in [0.717, 1.165) is 0 Å². The van der Waals surface area contributed by atoms with Crippen LogP contribution in [0, 0.1) is 0 Å². The molecule has 1 amide bonds. The number of likely N-dealkylation sites (N-methyl/N-ethyl adjacent to an activating group) is 1. The van der Waals surface area contributed by atoms with Crippen LogP contribution in [0.3, 0.4) is 0 Å².